The largest absolute Gasteiger partial charge is 0.393 e. The van der Waals surface area contributed by atoms with E-state index in [4.69, 9.17) is 0 Å². The Morgan fingerprint density at radius 1 is 1.13 bits per heavy atom. The number of amides is 1. The van der Waals surface area contributed by atoms with E-state index in [1.807, 2.05) is 47.8 Å². The van der Waals surface area contributed by atoms with Crippen LogP contribution in [0.4, 0.5) is 23.4 Å². The van der Waals surface area contributed by atoms with E-state index in [9.17, 15) is 22.4 Å². The highest BCUT2D eigenvalue weighted by molar-refractivity contribution is 6.07. The van der Waals surface area contributed by atoms with E-state index in [0.29, 0.717) is 24.3 Å². The lowest BCUT2D eigenvalue weighted by Gasteiger charge is -2.33. The summed E-state index contributed by atoms with van der Waals surface area (Å²) >= 11 is 0. The number of nitrogens with one attached hydrogen (secondary N) is 2. The molecule has 0 spiro atoms. The molecule has 2 N–H and O–H groups in total. The van der Waals surface area contributed by atoms with Gasteiger partial charge < -0.3 is 20.1 Å². The third-order valence-corrected chi connectivity index (χ3v) is 6.90. The Bertz CT molecular complexity index is 1580. The van der Waals surface area contributed by atoms with Gasteiger partial charge in [0.1, 0.15) is 17.7 Å². The van der Waals surface area contributed by atoms with Crippen LogP contribution < -0.4 is 10.6 Å². The average Bonchev–Trinajstić information content (AvgIpc) is 3.40. The molecule has 4 heterocycles. The van der Waals surface area contributed by atoms with Gasteiger partial charge in [0.2, 0.25) is 0 Å². The molecule has 3 aromatic heterocycles. The van der Waals surface area contributed by atoms with Crippen molar-refractivity contribution in [3.63, 3.8) is 0 Å². The molecule has 0 bridgehead atoms. The first-order valence-corrected chi connectivity index (χ1v) is 12.6. The number of carbonyl (C=O) groups is 1. The van der Waals surface area contributed by atoms with Crippen LogP contribution in [0.25, 0.3) is 16.4 Å². The lowest BCUT2D eigenvalue weighted by atomic mass is 10.0. The number of fused-ring (bicyclic) bond motifs is 2. The van der Waals surface area contributed by atoms with Gasteiger partial charge in [-0.05, 0) is 37.6 Å². The summed E-state index contributed by atoms with van der Waals surface area (Å²) in [4.78, 5) is 14.7. The fourth-order valence-corrected chi connectivity index (χ4v) is 4.98. The normalized spacial score (nSPS) is 18.2. The second-order valence-electron chi connectivity index (χ2n) is 9.80. The van der Waals surface area contributed by atoms with E-state index in [1.54, 1.807) is 18.3 Å². The first-order valence-electron chi connectivity index (χ1n) is 12.6. The highest BCUT2D eigenvalue weighted by Crippen LogP contribution is 2.29. The van der Waals surface area contributed by atoms with Crippen LogP contribution in [-0.4, -0.2) is 70.1 Å². The summed E-state index contributed by atoms with van der Waals surface area (Å²) in [6.45, 7) is 0.895. The smallest absolute Gasteiger partial charge is 0.364 e. The number of aryl methyl sites for hydroxylation is 1. The molecule has 2 atom stereocenters. The fraction of sp³-hybridized carbons (Fsp3) is 0.357. The van der Waals surface area contributed by atoms with Crippen molar-refractivity contribution >= 4 is 28.1 Å². The maximum Gasteiger partial charge on any atom is 0.393 e. The monoisotopic (exact) mass is 540 g/mol. The molecular formula is C28H28F4N6O. The Morgan fingerprint density at radius 2 is 1.90 bits per heavy atom. The van der Waals surface area contributed by atoms with Crippen molar-refractivity contribution in [3.05, 3.63) is 65.5 Å². The number of carbonyl (C=O) groups excluding carboxylic acids is 1. The number of rotatable bonds is 5. The van der Waals surface area contributed by atoms with Crippen LogP contribution in [0.2, 0.25) is 0 Å². The molecule has 1 fully saturated rings. The Hall–Kier alpha value is -4.04. The van der Waals surface area contributed by atoms with Gasteiger partial charge in [-0.2, -0.15) is 18.3 Å². The van der Waals surface area contributed by atoms with Crippen molar-refractivity contribution in [1.82, 2.24) is 24.4 Å². The second-order valence-corrected chi connectivity index (χ2v) is 9.80. The third kappa shape index (κ3) is 5.71. The average molecular weight is 541 g/mol. The molecule has 1 aliphatic rings. The van der Waals surface area contributed by atoms with Gasteiger partial charge in [0.05, 0.1) is 30.1 Å². The zero-order valence-electron chi connectivity index (χ0n) is 21.5. The first kappa shape index (κ1) is 26.6. The number of anilines is 1. The van der Waals surface area contributed by atoms with Gasteiger partial charge in [-0.15, -0.1) is 0 Å². The lowest BCUT2D eigenvalue weighted by Crippen LogP contribution is -2.46. The van der Waals surface area contributed by atoms with Crippen LogP contribution in [0.15, 0.2) is 48.7 Å². The molecule has 204 valence electrons. The van der Waals surface area contributed by atoms with Crippen molar-refractivity contribution in [2.75, 3.05) is 32.0 Å². The molecule has 5 rings (SSSR count). The molecule has 39 heavy (non-hydrogen) atoms. The van der Waals surface area contributed by atoms with Gasteiger partial charge in [0.25, 0.3) is 5.91 Å². The minimum Gasteiger partial charge on any atom is -0.364 e. The Balaban J connectivity index is 1.39. The highest BCUT2D eigenvalue weighted by atomic mass is 19.4. The van der Waals surface area contributed by atoms with Crippen LogP contribution >= 0.6 is 0 Å². The fourth-order valence-electron chi connectivity index (χ4n) is 4.98. The van der Waals surface area contributed by atoms with Crippen LogP contribution in [0.3, 0.4) is 0 Å². The number of hydrogen-bond donors (Lipinski definition) is 2. The Morgan fingerprint density at radius 3 is 2.67 bits per heavy atom. The molecule has 11 heteroatoms. The number of piperidine rings is 1. The third-order valence-electron chi connectivity index (χ3n) is 6.90. The van der Waals surface area contributed by atoms with Crippen molar-refractivity contribution in [2.24, 2.45) is 7.05 Å². The van der Waals surface area contributed by atoms with E-state index in [1.165, 1.54) is 10.6 Å². The maximum atomic E-state index is 14.6. The summed E-state index contributed by atoms with van der Waals surface area (Å²) < 4.78 is 58.3. The summed E-state index contributed by atoms with van der Waals surface area (Å²) in [6.07, 6.45) is -4.56. The predicted octanol–water partition coefficient (Wildman–Crippen LogP) is 4.17. The molecule has 0 radical (unpaired) electrons. The Kier molecular flexibility index (Phi) is 7.23. The zero-order valence-corrected chi connectivity index (χ0v) is 21.5. The predicted molar refractivity (Wildman–Crippen MR) is 142 cm³/mol. The first-order chi connectivity index (χ1) is 18.6. The molecular weight excluding hydrogens is 512 g/mol. The van der Waals surface area contributed by atoms with Gasteiger partial charge in [-0.3, -0.25) is 4.79 Å². The van der Waals surface area contributed by atoms with Gasteiger partial charge in [-0.1, -0.05) is 30.2 Å². The van der Waals surface area contributed by atoms with E-state index >= 15 is 0 Å². The van der Waals surface area contributed by atoms with Gasteiger partial charge in [-0.25, -0.2) is 8.91 Å². The van der Waals surface area contributed by atoms with Crippen LogP contribution in [0.5, 0.6) is 0 Å². The number of para-hydroxylation sites is 1. The van der Waals surface area contributed by atoms with Crippen LogP contribution in [0, 0.1) is 11.8 Å². The van der Waals surface area contributed by atoms with Crippen LogP contribution in [0.1, 0.15) is 28.0 Å². The molecule has 1 aliphatic heterocycles. The van der Waals surface area contributed by atoms with Crippen molar-refractivity contribution in [1.29, 1.82) is 0 Å². The SMILES string of the molecule is CN1CC[C@@H](Nc2cccc3c(CC(F)(F)F)c(C#CCNC(=O)c4cn(C)c5ccccc45)nn23)[C@@H](F)C1. The van der Waals surface area contributed by atoms with E-state index in [2.05, 4.69) is 27.6 Å². The second kappa shape index (κ2) is 10.6. The molecule has 1 saturated heterocycles. The molecule has 0 saturated carbocycles. The van der Waals surface area contributed by atoms with Crippen molar-refractivity contribution in [3.8, 4) is 11.8 Å². The van der Waals surface area contributed by atoms with Gasteiger partial charge in [0, 0.05) is 42.8 Å². The molecule has 4 aromatic rings. The summed E-state index contributed by atoms with van der Waals surface area (Å²) in [5.74, 6) is 5.51. The summed E-state index contributed by atoms with van der Waals surface area (Å²) in [5, 5.41) is 11.0. The number of aromatic nitrogens is 3. The number of alkyl halides is 4. The number of halogens is 4. The Labute approximate surface area is 222 Å². The zero-order chi connectivity index (χ0) is 27.7. The lowest BCUT2D eigenvalue weighted by molar-refractivity contribution is -0.127. The van der Waals surface area contributed by atoms with E-state index < -0.39 is 24.8 Å². The highest BCUT2D eigenvalue weighted by Gasteiger charge is 2.32. The minimum absolute atomic E-state index is 0.0406. The molecule has 1 amide bonds. The topological polar surface area (TPSA) is 66.6 Å². The van der Waals surface area contributed by atoms with Crippen LogP contribution in [-0.2, 0) is 13.5 Å². The maximum absolute atomic E-state index is 14.6. The van der Waals surface area contributed by atoms with E-state index in [-0.39, 0.29) is 35.8 Å². The summed E-state index contributed by atoms with van der Waals surface area (Å²) in [6, 6.07) is 11.8. The van der Waals surface area contributed by atoms with Gasteiger partial charge >= 0.3 is 6.18 Å². The summed E-state index contributed by atoms with van der Waals surface area (Å²) in [5.41, 5.74) is 1.51. The quantitative estimate of drug-likeness (QED) is 0.295. The molecule has 0 aliphatic carbocycles. The van der Waals surface area contributed by atoms with Gasteiger partial charge in [0.15, 0.2) is 0 Å². The van der Waals surface area contributed by atoms with E-state index in [0.717, 1.165) is 10.9 Å². The standard InChI is InChI=1S/C28H28F4N6O/c1-36-14-12-23(21(29)17-36)34-26-11-5-10-25-19(15-28(30,31)32)22(35-38(25)26)8-6-13-33-27(39)20-16-37(2)24-9-4-3-7-18(20)24/h3-5,7,9-11,16,21,23,34H,12-15,17H2,1-2H3,(H,33,39)/t21-,23+/m0/s1. The number of likely N-dealkylation sites (tertiary alicyclic amines) is 1. The molecule has 7 nitrogen and oxygen atoms in total. The number of benzene rings is 1. The van der Waals surface area contributed by atoms with Crippen molar-refractivity contribution in [2.45, 2.75) is 31.2 Å². The molecule has 1 aromatic carbocycles. The molecule has 0 unspecified atom stereocenters. The van der Waals surface area contributed by atoms with Crippen molar-refractivity contribution < 1.29 is 22.4 Å². The number of nitrogens with zero attached hydrogens (tertiary/aromatic N) is 4. The number of pyridine rings is 1. The minimum atomic E-state index is -4.48. The summed E-state index contributed by atoms with van der Waals surface area (Å²) in [7, 11) is 3.68. The number of hydrogen-bond acceptors (Lipinski definition) is 4.